The van der Waals surface area contributed by atoms with Crippen LogP contribution in [-0.4, -0.2) is 23.5 Å². The molecule has 0 aliphatic carbocycles. The first-order chi connectivity index (χ1) is 7.08. The molecule has 1 aliphatic rings. The fourth-order valence-corrected chi connectivity index (χ4v) is 2.08. The molecule has 0 radical (unpaired) electrons. The quantitative estimate of drug-likeness (QED) is 0.736. The Bertz CT molecular complexity index is 405. The summed E-state index contributed by atoms with van der Waals surface area (Å²) in [5, 5.41) is 0. The molecule has 1 aromatic carbocycles. The van der Waals surface area contributed by atoms with Crippen LogP contribution < -0.4 is 4.74 Å². The van der Waals surface area contributed by atoms with Crippen molar-refractivity contribution >= 4 is 21.7 Å². The van der Waals surface area contributed by atoms with E-state index in [9.17, 15) is 4.79 Å². The Morgan fingerprint density at radius 3 is 2.80 bits per heavy atom. The number of carbonyl (C=O) groups is 1. The predicted molar refractivity (Wildman–Crippen MR) is 59.5 cm³/mol. The van der Waals surface area contributed by atoms with E-state index < -0.39 is 10.6 Å². The van der Waals surface area contributed by atoms with Gasteiger partial charge in [0.2, 0.25) is 5.79 Å². The van der Waals surface area contributed by atoms with Crippen LogP contribution in [0.2, 0.25) is 0 Å². The minimum atomic E-state index is -0.939. The zero-order valence-electron chi connectivity index (χ0n) is 8.49. The zero-order chi connectivity index (χ0) is 11.1. The first-order valence-electron chi connectivity index (χ1n) is 4.60. The second kappa shape index (κ2) is 3.61. The van der Waals surface area contributed by atoms with E-state index in [0.29, 0.717) is 11.3 Å². The molecular formula is C11H11BrO3. The molecule has 3 nitrogen and oxygen atoms in total. The van der Waals surface area contributed by atoms with Crippen molar-refractivity contribution in [3.05, 3.63) is 29.8 Å². The lowest BCUT2D eigenvalue weighted by atomic mass is 9.99. The molecule has 1 aliphatic heterocycles. The van der Waals surface area contributed by atoms with E-state index in [1.54, 1.807) is 19.1 Å². The third-order valence-corrected chi connectivity index (χ3v) is 3.81. The van der Waals surface area contributed by atoms with Gasteiger partial charge in [-0.3, -0.25) is 4.79 Å². The number of methoxy groups -OCH3 is 1. The third-order valence-electron chi connectivity index (χ3n) is 2.56. The Labute approximate surface area is 96.5 Å². The monoisotopic (exact) mass is 270 g/mol. The van der Waals surface area contributed by atoms with Gasteiger partial charge < -0.3 is 9.47 Å². The summed E-state index contributed by atoms with van der Waals surface area (Å²) in [6.45, 7) is 1.74. The van der Waals surface area contributed by atoms with Gasteiger partial charge in [0.25, 0.3) is 0 Å². The number of benzene rings is 1. The maximum absolute atomic E-state index is 12.0. The van der Waals surface area contributed by atoms with E-state index in [2.05, 4.69) is 15.9 Å². The summed E-state index contributed by atoms with van der Waals surface area (Å²) in [6.07, 6.45) is 0. The van der Waals surface area contributed by atoms with Crippen molar-refractivity contribution in [2.75, 3.05) is 7.11 Å². The van der Waals surface area contributed by atoms with Crippen molar-refractivity contribution in [1.29, 1.82) is 0 Å². The highest BCUT2D eigenvalue weighted by Gasteiger charge is 2.45. The van der Waals surface area contributed by atoms with E-state index >= 15 is 0 Å². The number of alkyl halides is 1. The first-order valence-corrected chi connectivity index (χ1v) is 5.51. The fourth-order valence-electron chi connectivity index (χ4n) is 1.55. The lowest BCUT2D eigenvalue weighted by Crippen LogP contribution is -2.50. The van der Waals surface area contributed by atoms with Crippen LogP contribution in [0.3, 0.4) is 0 Å². The summed E-state index contributed by atoms with van der Waals surface area (Å²) in [5.74, 6) is -0.380. The van der Waals surface area contributed by atoms with Crippen molar-refractivity contribution in [2.45, 2.75) is 17.5 Å². The highest BCUT2D eigenvalue weighted by atomic mass is 79.9. The van der Waals surface area contributed by atoms with Crippen LogP contribution in [-0.2, 0) is 4.74 Å². The van der Waals surface area contributed by atoms with Crippen LogP contribution in [0, 0.1) is 0 Å². The van der Waals surface area contributed by atoms with Crippen molar-refractivity contribution in [3.63, 3.8) is 0 Å². The molecule has 0 aromatic heterocycles. The van der Waals surface area contributed by atoms with Gasteiger partial charge in [0, 0.05) is 14.0 Å². The number of fused-ring (bicyclic) bond motifs is 1. The van der Waals surface area contributed by atoms with Crippen LogP contribution >= 0.6 is 15.9 Å². The molecule has 4 heteroatoms. The summed E-state index contributed by atoms with van der Waals surface area (Å²) in [5.41, 5.74) is 0.592. The summed E-state index contributed by atoms with van der Waals surface area (Å²) in [6, 6.07) is 7.16. The molecular weight excluding hydrogens is 260 g/mol. The number of para-hydroxylation sites is 1. The Hall–Kier alpha value is -0.870. The fraction of sp³-hybridized carbons (Fsp3) is 0.364. The normalized spacial score (nSPS) is 29.5. The highest BCUT2D eigenvalue weighted by molar-refractivity contribution is 9.10. The molecule has 0 saturated carbocycles. The van der Waals surface area contributed by atoms with Crippen LogP contribution in [0.1, 0.15) is 17.3 Å². The molecule has 0 fully saturated rings. The SMILES string of the molecule is CO[C@@]1(C)Oc2ccccc2C(=O)C1Br. The Morgan fingerprint density at radius 2 is 2.13 bits per heavy atom. The molecule has 0 amide bonds. The first kappa shape index (κ1) is 10.6. The number of hydrogen-bond donors (Lipinski definition) is 0. The van der Waals surface area contributed by atoms with E-state index in [1.807, 2.05) is 12.1 Å². The number of rotatable bonds is 1. The standard InChI is InChI=1S/C11H11BrO3/c1-11(14-2)10(12)9(13)7-5-3-4-6-8(7)15-11/h3-6,10H,1-2H3/t10?,11-/m0/s1. The van der Waals surface area contributed by atoms with Crippen LogP contribution in [0.4, 0.5) is 0 Å². The molecule has 0 saturated heterocycles. The van der Waals surface area contributed by atoms with Crippen LogP contribution in [0.15, 0.2) is 24.3 Å². The van der Waals surface area contributed by atoms with E-state index in [0.717, 1.165) is 0 Å². The molecule has 1 unspecified atom stereocenters. The molecule has 2 atom stereocenters. The molecule has 0 spiro atoms. The topological polar surface area (TPSA) is 35.5 Å². The summed E-state index contributed by atoms with van der Waals surface area (Å²) in [7, 11) is 1.52. The largest absolute Gasteiger partial charge is 0.460 e. The van der Waals surface area contributed by atoms with Gasteiger partial charge in [0.1, 0.15) is 10.6 Å². The van der Waals surface area contributed by atoms with Crippen LogP contribution in [0.25, 0.3) is 0 Å². The molecule has 15 heavy (non-hydrogen) atoms. The third kappa shape index (κ3) is 1.58. The number of ketones is 1. The van der Waals surface area contributed by atoms with Gasteiger partial charge >= 0.3 is 0 Å². The summed E-state index contributed by atoms with van der Waals surface area (Å²) >= 11 is 3.31. The molecule has 0 bridgehead atoms. The van der Waals surface area contributed by atoms with Gasteiger partial charge in [-0.2, -0.15) is 0 Å². The highest BCUT2D eigenvalue weighted by Crippen LogP contribution is 2.36. The van der Waals surface area contributed by atoms with Gasteiger partial charge in [0.15, 0.2) is 5.78 Å². The number of halogens is 1. The number of hydrogen-bond acceptors (Lipinski definition) is 3. The van der Waals surface area contributed by atoms with Crippen LogP contribution in [0.5, 0.6) is 5.75 Å². The van der Waals surface area contributed by atoms with E-state index in [1.165, 1.54) is 7.11 Å². The van der Waals surface area contributed by atoms with E-state index in [-0.39, 0.29) is 5.78 Å². The minimum Gasteiger partial charge on any atom is -0.460 e. The average Bonchev–Trinajstić information content (AvgIpc) is 2.26. The second-order valence-corrected chi connectivity index (χ2v) is 4.46. The molecule has 0 N–H and O–H groups in total. The number of carbonyl (C=O) groups excluding carboxylic acids is 1. The zero-order valence-corrected chi connectivity index (χ0v) is 10.1. The Morgan fingerprint density at radius 1 is 1.47 bits per heavy atom. The number of ether oxygens (including phenoxy) is 2. The minimum absolute atomic E-state index is 0.0128. The second-order valence-electron chi connectivity index (χ2n) is 3.55. The van der Waals surface area contributed by atoms with Gasteiger partial charge in [-0.05, 0) is 12.1 Å². The lowest BCUT2D eigenvalue weighted by molar-refractivity contribution is -0.145. The molecule has 2 rings (SSSR count). The smallest absolute Gasteiger partial charge is 0.227 e. The van der Waals surface area contributed by atoms with Gasteiger partial charge in [-0.15, -0.1) is 0 Å². The number of Topliss-reactive ketones (excluding diaryl/α,β-unsaturated/α-hetero) is 1. The maximum Gasteiger partial charge on any atom is 0.227 e. The lowest BCUT2D eigenvalue weighted by Gasteiger charge is -2.37. The summed E-state index contributed by atoms with van der Waals surface area (Å²) in [4.78, 5) is 11.5. The van der Waals surface area contributed by atoms with E-state index in [4.69, 9.17) is 9.47 Å². The molecule has 1 aromatic rings. The maximum atomic E-state index is 12.0. The van der Waals surface area contributed by atoms with Gasteiger partial charge in [0.05, 0.1) is 5.56 Å². The van der Waals surface area contributed by atoms with Gasteiger partial charge in [-0.25, -0.2) is 0 Å². The Kier molecular flexibility index (Phi) is 2.56. The molecule has 80 valence electrons. The average molecular weight is 271 g/mol. The predicted octanol–water partition coefficient (Wildman–Crippen LogP) is 2.39. The van der Waals surface area contributed by atoms with Crippen molar-refractivity contribution in [3.8, 4) is 5.75 Å². The summed E-state index contributed by atoms with van der Waals surface area (Å²) < 4.78 is 10.9. The molecule has 1 heterocycles. The van der Waals surface area contributed by atoms with Gasteiger partial charge in [-0.1, -0.05) is 28.1 Å². The van der Waals surface area contributed by atoms with Crippen molar-refractivity contribution in [2.24, 2.45) is 0 Å². The van der Waals surface area contributed by atoms with Crippen molar-refractivity contribution < 1.29 is 14.3 Å². The van der Waals surface area contributed by atoms with Crippen molar-refractivity contribution in [1.82, 2.24) is 0 Å². The Balaban J connectivity index is 2.50.